The van der Waals surface area contributed by atoms with E-state index >= 15 is 0 Å². The number of hydrogen-bond acceptors (Lipinski definition) is 1. The molecule has 0 aromatic rings. The van der Waals surface area contributed by atoms with Gasteiger partial charge in [0.2, 0.25) is 0 Å². The van der Waals surface area contributed by atoms with E-state index in [9.17, 15) is 0 Å². The number of nitrogens with one attached hydrogen (secondary N) is 1. The molecule has 0 amide bonds. The van der Waals surface area contributed by atoms with Crippen molar-refractivity contribution in [1.29, 1.82) is 0 Å². The van der Waals surface area contributed by atoms with Crippen molar-refractivity contribution in [3.05, 3.63) is 12.2 Å². The third-order valence-electron chi connectivity index (χ3n) is 4.69. The second-order valence-corrected chi connectivity index (χ2v) is 7.55. The summed E-state index contributed by atoms with van der Waals surface area (Å²) < 4.78 is 0. The Balaban J connectivity index is 2.50. The van der Waals surface area contributed by atoms with Crippen molar-refractivity contribution >= 4 is 0 Å². The first-order chi connectivity index (χ1) is 8.90. The van der Waals surface area contributed by atoms with E-state index < -0.39 is 0 Å². The molecule has 112 valence electrons. The number of allylic oxidation sites excluding steroid dienone is 1. The number of hydrogen-bond donors (Lipinski definition) is 1. The van der Waals surface area contributed by atoms with Crippen LogP contribution in [0.25, 0.3) is 0 Å². The third-order valence-corrected chi connectivity index (χ3v) is 4.69. The molecule has 0 heterocycles. The van der Waals surface area contributed by atoms with Gasteiger partial charge in [0.05, 0.1) is 0 Å². The Morgan fingerprint density at radius 3 is 2.37 bits per heavy atom. The van der Waals surface area contributed by atoms with Crippen molar-refractivity contribution in [2.45, 2.75) is 60.3 Å². The standard InChI is InChI=1S/C18H35N/c1-13(2)9-18-10-16(15(5)6)7-8-17(18)12-19-11-14(3)4/h14-19H,1,7-12H2,2-6H3. The molecule has 1 saturated carbocycles. The van der Waals surface area contributed by atoms with Gasteiger partial charge in [0.25, 0.3) is 0 Å². The summed E-state index contributed by atoms with van der Waals surface area (Å²) in [7, 11) is 0. The fraction of sp³-hybridized carbons (Fsp3) is 0.889. The Labute approximate surface area is 121 Å². The van der Waals surface area contributed by atoms with Crippen LogP contribution in [0.2, 0.25) is 0 Å². The Morgan fingerprint density at radius 1 is 1.16 bits per heavy atom. The van der Waals surface area contributed by atoms with Gasteiger partial charge < -0.3 is 5.32 Å². The van der Waals surface area contributed by atoms with E-state index in [0.717, 1.165) is 36.1 Å². The molecule has 0 spiro atoms. The summed E-state index contributed by atoms with van der Waals surface area (Å²) in [5, 5.41) is 3.67. The molecule has 0 aliphatic heterocycles. The molecule has 19 heavy (non-hydrogen) atoms. The Bertz CT molecular complexity index is 265. The molecule has 1 heteroatoms. The van der Waals surface area contributed by atoms with Crippen LogP contribution in [-0.2, 0) is 0 Å². The molecule has 1 rings (SSSR count). The minimum absolute atomic E-state index is 0.756. The van der Waals surface area contributed by atoms with Crippen molar-refractivity contribution in [1.82, 2.24) is 5.32 Å². The van der Waals surface area contributed by atoms with Gasteiger partial charge >= 0.3 is 0 Å². The summed E-state index contributed by atoms with van der Waals surface area (Å²) >= 11 is 0. The largest absolute Gasteiger partial charge is 0.316 e. The molecule has 3 atom stereocenters. The molecule has 3 unspecified atom stereocenters. The zero-order chi connectivity index (χ0) is 14.4. The van der Waals surface area contributed by atoms with E-state index in [1.807, 2.05) is 0 Å². The highest BCUT2D eigenvalue weighted by molar-refractivity contribution is 4.95. The lowest BCUT2D eigenvalue weighted by atomic mass is 9.69. The summed E-state index contributed by atoms with van der Waals surface area (Å²) in [4.78, 5) is 0. The topological polar surface area (TPSA) is 12.0 Å². The molecule has 1 aliphatic carbocycles. The van der Waals surface area contributed by atoms with E-state index in [2.05, 4.69) is 46.5 Å². The smallest absolute Gasteiger partial charge is 0.00176 e. The molecule has 1 fully saturated rings. The van der Waals surface area contributed by atoms with Gasteiger partial charge in [-0.3, -0.25) is 0 Å². The normalized spacial score (nSPS) is 28.1. The summed E-state index contributed by atoms with van der Waals surface area (Å²) in [5.74, 6) is 4.26. The maximum Gasteiger partial charge on any atom is -0.00176 e. The summed E-state index contributed by atoms with van der Waals surface area (Å²) in [6.07, 6.45) is 5.49. The first-order valence-electron chi connectivity index (χ1n) is 8.25. The van der Waals surface area contributed by atoms with Crippen molar-refractivity contribution in [3.63, 3.8) is 0 Å². The average Bonchev–Trinajstić information content (AvgIpc) is 2.29. The van der Waals surface area contributed by atoms with Gasteiger partial charge in [-0.05, 0) is 75.3 Å². The zero-order valence-corrected chi connectivity index (χ0v) is 13.8. The molecular weight excluding hydrogens is 230 g/mol. The predicted octanol–water partition coefficient (Wildman–Crippen LogP) is 4.89. The maximum absolute atomic E-state index is 4.14. The van der Waals surface area contributed by atoms with Crippen LogP contribution in [0.3, 0.4) is 0 Å². The Kier molecular flexibility index (Phi) is 7.13. The number of rotatable bonds is 7. The van der Waals surface area contributed by atoms with Gasteiger partial charge in [-0.15, -0.1) is 6.58 Å². The summed E-state index contributed by atoms with van der Waals surface area (Å²) in [5.41, 5.74) is 1.36. The second kappa shape index (κ2) is 8.09. The van der Waals surface area contributed by atoms with E-state index in [1.54, 1.807) is 0 Å². The van der Waals surface area contributed by atoms with Crippen molar-refractivity contribution in [2.75, 3.05) is 13.1 Å². The predicted molar refractivity (Wildman–Crippen MR) is 86.3 cm³/mol. The maximum atomic E-state index is 4.14. The molecule has 0 saturated heterocycles. The fourth-order valence-electron chi connectivity index (χ4n) is 3.49. The molecule has 1 nitrogen and oxygen atoms in total. The molecule has 0 radical (unpaired) electrons. The van der Waals surface area contributed by atoms with Crippen molar-refractivity contribution in [3.8, 4) is 0 Å². The van der Waals surface area contributed by atoms with Crippen LogP contribution in [0.5, 0.6) is 0 Å². The monoisotopic (exact) mass is 265 g/mol. The van der Waals surface area contributed by atoms with Crippen LogP contribution in [0.4, 0.5) is 0 Å². The average molecular weight is 265 g/mol. The quantitative estimate of drug-likeness (QED) is 0.646. The highest BCUT2D eigenvalue weighted by Crippen LogP contribution is 2.39. The van der Waals surface area contributed by atoms with Crippen molar-refractivity contribution in [2.24, 2.45) is 29.6 Å². The molecule has 0 aromatic carbocycles. The van der Waals surface area contributed by atoms with Crippen LogP contribution in [-0.4, -0.2) is 13.1 Å². The molecular formula is C18H35N. The van der Waals surface area contributed by atoms with Gasteiger partial charge in [-0.25, -0.2) is 0 Å². The minimum Gasteiger partial charge on any atom is -0.316 e. The van der Waals surface area contributed by atoms with Crippen LogP contribution in [0.15, 0.2) is 12.2 Å². The van der Waals surface area contributed by atoms with E-state index in [-0.39, 0.29) is 0 Å². The second-order valence-electron chi connectivity index (χ2n) is 7.55. The Hall–Kier alpha value is -0.300. The Morgan fingerprint density at radius 2 is 1.84 bits per heavy atom. The molecule has 0 bridgehead atoms. The van der Waals surface area contributed by atoms with Gasteiger partial charge in [-0.1, -0.05) is 33.3 Å². The van der Waals surface area contributed by atoms with Gasteiger partial charge in [0, 0.05) is 0 Å². The fourth-order valence-corrected chi connectivity index (χ4v) is 3.49. The van der Waals surface area contributed by atoms with Gasteiger partial charge in [-0.2, -0.15) is 0 Å². The summed E-state index contributed by atoms with van der Waals surface area (Å²) in [6.45, 7) is 18.0. The minimum atomic E-state index is 0.756. The van der Waals surface area contributed by atoms with E-state index in [0.29, 0.717) is 0 Å². The van der Waals surface area contributed by atoms with Crippen LogP contribution < -0.4 is 5.32 Å². The highest BCUT2D eigenvalue weighted by atomic mass is 14.9. The third kappa shape index (κ3) is 6.12. The first-order valence-corrected chi connectivity index (χ1v) is 8.25. The van der Waals surface area contributed by atoms with Crippen LogP contribution in [0.1, 0.15) is 60.3 Å². The van der Waals surface area contributed by atoms with Gasteiger partial charge in [0.15, 0.2) is 0 Å². The lowest BCUT2D eigenvalue weighted by Gasteiger charge is -2.38. The molecule has 1 aliphatic rings. The van der Waals surface area contributed by atoms with Gasteiger partial charge in [0.1, 0.15) is 0 Å². The van der Waals surface area contributed by atoms with Crippen LogP contribution in [0, 0.1) is 29.6 Å². The molecule has 0 aromatic heterocycles. The molecule has 1 N–H and O–H groups in total. The first kappa shape index (κ1) is 16.8. The zero-order valence-electron chi connectivity index (χ0n) is 13.8. The van der Waals surface area contributed by atoms with Crippen LogP contribution >= 0.6 is 0 Å². The SMILES string of the molecule is C=C(C)CC1CC(C(C)C)CCC1CNCC(C)C. The lowest BCUT2D eigenvalue weighted by Crippen LogP contribution is -2.35. The summed E-state index contributed by atoms with van der Waals surface area (Å²) in [6, 6.07) is 0. The van der Waals surface area contributed by atoms with E-state index in [4.69, 9.17) is 0 Å². The van der Waals surface area contributed by atoms with Crippen molar-refractivity contribution < 1.29 is 0 Å². The lowest BCUT2D eigenvalue weighted by molar-refractivity contribution is 0.144. The van der Waals surface area contributed by atoms with E-state index in [1.165, 1.54) is 37.8 Å². The highest BCUT2D eigenvalue weighted by Gasteiger charge is 2.31.